The Hall–Kier alpha value is -2.70. The summed E-state index contributed by atoms with van der Waals surface area (Å²) in [5.41, 5.74) is 0.227. The Morgan fingerprint density at radius 2 is 2.11 bits per heavy atom. The lowest BCUT2D eigenvalue weighted by Crippen LogP contribution is -2.48. The van der Waals surface area contributed by atoms with Crippen LogP contribution in [0.4, 0.5) is 9.18 Å². The van der Waals surface area contributed by atoms with E-state index in [-0.39, 0.29) is 12.0 Å². The second kappa shape index (κ2) is 7.13. The highest BCUT2D eigenvalue weighted by Crippen LogP contribution is 2.43. The molecule has 1 aliphatic rings. The number of ether oxygens (including phenoxy) is 1. The second-order valence-corrected chi connectivity index (χ2v) is 8.19. The topological polar surface area (TPSA) is 75.6 Å². The maximum Gasteiger partial charge on any atom is 0.407 e. The molecule has 0 bridgehead atoms. The first kappa shape index (κ1) is 19.1. The van der Waals surface area contributed by atoms with Gasteiger partial charge in [-0.05, 0) is 30.4 Å². The van der Waals surface area contributed by atoms with Gasteiger partial charge in [-0.15, -0.1) is 0 Å². The summed E-state index contributed by atoms with van der Waals surface area (Å²) in [6.07, 6.45) is 5.04. The van der Waals surface area contributed by atoms with Gasteiger partial charge in [0.15, 0.2) is 0 Å². The molecular weight excluding hydrogens is 349 g/mol. The second-order valence-electron chi connectivity index (χ2n) is 8.19. The summed E-state index contributed by atoms with van der Waals surface area (Å²) in [6.45, 7) is 6.65. The number of nitrogens with zero attached hydrogens (tertiary/aromatic N) is 3. The van der Waals surface area contributed by atoms with E-state index in [2.05, 4.69) is 9.97 Å². The van der Waals surface area contributed by atoms with Crippen LogP contribution in [0, 0.1) is 11.4 Å². The number of carbonyl (C=O) groups is 1. The van der Waals surface area contributed by atoms with Crippen molar-refractivity contribution >= 4 is 6.09 Å². The number of pyridine rings is 2. The molecule has 27 heavy (non-hydrogen) atoms. The molecule has 2 aromatic rings. The zero-order valence-corrected chi connectivity index (χ0v) is 15.8. The van der Waals surface area contributed by atoms with Crippen molar-refractivity contribution in [2.75, 3.05) is 13.2 Å². The zero-order chi connectivity index (χ0) is 19.7. The number of amides is 1. The molecule has 1 saturated carbocycles. The first-order valence-electron chi connectivity index (χ1n) is 8.90. The van der Waals surface area contributed by atoms with Crippen molar-refractivity contribution in [3.8, 4) is 16.9 Å². The van der Waals surface area contributed by atoms with E-state index in [1.165, 1.54) is 11.1 Å². The maximum atomic E-state index is 14.1. The highest BCUT2D eigenvalue weighted by atomic mass is 19.1. The molecule has 144 valence electrons. The molecule has 6 nitrogen and oxygen atoms in total. The third-order valence-corrected chi connectivity index (χ3v) is 4.56. The minimum Gasteiger partial charge on any atom is -0.489 e. The molecule has 0 radical (unpaired) electrons. The third kappa shape index (κ3) is 4.53. The van der Waals surface area contributed by atoms with Gasteiger partial charge in [0, 0.05) is 30.1 Å². The summed E-state index contributed by atoms with van der Waals surface area (Å²) >= 11 is 0. The van der Waals surface area contributed by atoms with E-state index >= 15 is 0 Å². The van der Waals surface area contributed by atoms with Crippen molar-refractivity contribution in [3.05, 3.63) is 42.7 Å². The minimum atomic E-state index is -0.945. The first-order chi connectivity index (χ1) is 12.7. The number of carboxylic acid groups (broad SMARTS) is 1. The van der Waals surface area contributed by atoms with Gasteiger partial charge in [0.25, 0.3) is 0 Å². The van der Waals surface area contributed by atoms with Crippen LogP contribution < -0.4 is 4.74 Å². The molecule has 2 aromatic heterocycles. The average Bonchev–Trinajstić information content (AvgIpc) is 3.40. The van der Waals surface area contributed by atoms with Crippen LogP contribution in [0.15, 0.2) is 36.8 Å². The van der Waals surface area contributed by atoms with Crippen molar-refractivity contribution in [3.63, 3.8) is 0 Å². The van der Waals surface area contributed by atoms with Crippen LogP contribution in [0.1, 0.15) is 33.6 Å². The van der Waals surface area contributed by atoms with Gasteiger partial charge in [0.1, 0.15) is 12.4 Å². The SMILES string of the molecule is CC(C)(C)CN(C(=O)O)C1(COc2cnc(F)c(-c3cccnc3)c2)CC1. The summed E-state index contributed by atoms with van der Waals surface area (Å²) in [7, 11) is 0. The largest absolute Gasteiger partial charge is 0.489 e. The van der Waals surface area contributed by atoms with E-state index in [1.54, 1.807) is 30.6 Å². The number of halogens is 1. The fraction of sp³-hybridized carbons (Fsp3) is 0.450. The Labute approximate surface area is 158 Å². The van der Waals surface area contributed by atoms with E-state index in [4.69, 9.17) is 4.74 Å². The molecule has 1 N–H and O–H groups in total. The Kier molecular flexibility index (Phi) is 5.04. The van der Waals surface area contributed by atoms with Crippen LogP contribution in [0.3, 0.4) is 0 Å². The quantitative estimate of drug-likeness (QED) is 0.767. The number of rotatable bonds is 6. The normalized spacial score (nSPS) is 15.3. The molecule has 2 heterocycles. The molecule has 0 atom stereocenters. The molecule has 0 spiro atoms. The average molecular weight is 373 g/mol. The molecule has 0 aliphatic heterocycles. The predicted molar refractivity (Wildman–Crippen MR) is 99.1 cm³/mol. The van der Waals surface area contributed by atoms with Crippen LogP contribution >= 0.6 is 0 Å². The minimum absolute atomic E-state index is 0.154. The molecule has 0 unspecified atom stereocenters. The summed E-state index contributed by atoms with van der Waals surface area (Å²) in [5.74, 6) is -0.195. The van der Waals surface area contributed by atoms with E-state index in [9.17, 15) is 14.3 Å². The van der Waals surface area contributed by atoms with Gasteiger partial charge in [-0.25, -0.2) is 9.78 Å². The molecular formula is C20H24FN3O3. The van der Waals surface area contributed by atoms with Gasteiger partial charge in [-0.3, -0.25) is 9.88 Å². The predicted octanol–water partition coefficient (Wildman–Crippen LogP) is 4.22. The lowest BCUT2D eigenvalue weighted by molar-refractivity contribution is 0.0719. The van der Waals surface area contributed by atoms with Crippen molar-refractivity contribution in [1.82, 2.24) is 14.9 Å². The summed E-state index contributed by atoms with van der Waals surface area (Å²) < 4.78 is 19.9. The molecule has 0 aromatic carbocycles. The van der Waals surface area contributed by atoms with Gasteiger partial charge in [0.05, 0.1) is 11.7 Å². The smallest absolute Gasteiger partial charge is 0.407 e. The Bertz CT molecular complexity index is 817. The molecule has 1 aliphatic carbocycles. The summed E-state index contributed by atoms with van der Waals surface area (Å²) in [4.78, 5) is 21.0. The third-order valence-electron chi connectivity index (χ3n) is 4.56. The van der Waals surface area contributed by atoms with Crippen LogP contribution in [0.5, 0.6) is 5.75 Å². The van der Waals surface area contributed by atoms with Crippen molar-refractivity contribution in [2.45, 2.75) is 39.2 Å². The number of hydrogen-bond acceptors (Lipinski definition) is 4. The summed E-state index contributed by atoms with van der Waals surface area (Å²) in [6, 6.07) is 5.04. The summed E-state index contributed by atoms with van der Waals surface area (Å²) in [5, 5.41) is 9.64. The van der Waals surface area contributed by atoms with Crippen molar-refractivity contribution in [1.29, 1.82) is 0 Å². The van der Waals surface area contributed by atoms with Gasteiger partial charge in [-0.1, -0.05) is 26.8 Å². The zero-order valence-electron chi connectivity index (χ0n) is 15.8. The standard InChI is InChI=1S/C20H24FN3O3/c1-19(2,3)12-24(18(25)26)20(6-7-20)13-27-15-9-16(17(21)23-11-15)14-5-4-8-22-10-14/h4-5,8-11H,6-7,12-13H2,1-3H3,(H,25,26). The molecule has 1 fully saturated rings. The van der Waals surface area contributed by atoms with E-state index in [0.29, 0.717) is 23.4 Å². The van der Waals surface area contributed by atoms with Crippen LogP contribution in [-0.2, 0) is 0 Å². The van der Waals surface area contributed by atoms with Crippen LogP contribution in [-0.4, -0.2) is 44.8 Å². The lowest BCUT2D eigenvalue weighted by atomic mass is 9.95. The van der Waals surface area contributed by atoms with E-state index in [1.807, 2.05) is 20.8 Å². The van der Waals surface area contributed by atoms with Crippen LogP contribution in [0.25, 0.3) is 11.1 Å². The maximum absolute atomic E-state index is 14.1. The van der Waals surface area contributed by atoms with Gasteiger partial charge in [0.2, 0.25) is 5.95 Å². The highest BCUT2D eigenvalue weighted by molar-refractivity contribution is 5.67. The van der Waals surface area contributed by atoms with Crippen molar-refractivity contribution < 1.29 is 19.0 Å². The number of hydrogen-bond donors (Lipinski definition) is 1. The highest BCUT2D eigenvalue weighted by Gasteiger charge is 2.52. The van der Waals surface area contributed by atoms with Gasteiger partial charge in [-0.2, -0.15) is 4.39 Å². The Morgan fingerprint density at radius 3 is 2.67 bits per heavy atom. The van der Waals surface area contributed by atoms with E-state index < -0.39 is 17.6 Å². The lowest BCUT2D eigenvalue weighted by Gasteiger charge is -2.34. The fourth-order valence-corrected chi connectivity index (χ4v) is 3.00. The fourth-order valence-electron chi connectivity index (χ4n) is 3.00. The van der Waals surface area contributed by atoms with Gasteiger partial charge < -0.3 is 9.84 Å². The monoisotopic (exact) mass is 373 g/mol. The molecule has 3 rings (SSSR count). The Morgan fingerprint density at radius 1 is 1.37 bits per heavy atom. The number of aromatic nitrogens is 2. The molecule has 0 saturated heterocycles. The molecule has 7 heteroatoms. The Balaban J connectivity index is 1.76. The molecule has 1 amide bonds. The van der Waals surface area contributed by atoms with Gasteiger partial charge >= 0.3 is 6.09 Å². The van der Waals surface area contributed by atoms with E-state index in [0.717, 1.165) is 12.8 Å². The van der Waals surface area contributed by atoms with Crippen molar-refractivity contribution in [2.24, 2.45) is 5.41 Å². The first-order valence-corrected chi connectivity index (χ1v) is 8.90. The van der Waals surface area contributed by atoms with Crippen LogP contribution in [0.2, 0.25) is 0 Å².